The van der Waals surface area contributed by atoms with Gasteiger partial charge in [-0.1, -0.05) is 23.2 Å². The molecule has 0 saturated heterocycles. The first-order valence-electron chi connectivity index (χ1n) is 6.10. The van der Waals surface area contributed by atoms with Gasteiger partial charge in [0.05, 0.1) is 11.6 Å². The van der Waals surface area contributed by atoms with E-state index in [9.17, 15) is 4.79 Å². The Kier molecular flexibility index (Phi) is 5.39. The van der Waals surface area contributed by atoms with Gasteiger partial charge in [-0.05, 0) is 31.0 Å². The molecule has 1 aromatic carbocycles. The number of thioether (sulfide) groups is 1. The number of carbonyl (C=O) groups is 1. The standard InChI is InChI=1S/C13H15Cl2NO2S/c14-9-1-4-11(15)12(7-9)19-6-5-16(8-13(17)18)10-2-3-10/h1,4,7,10H,2-3,5-6,8H2,(H,17,18). The van der Waals surface area contributed by atoms with Crippen LogP contribution in [0.15, 0.2) is 23.1 Å². The molecule has 1 aromatic rings. The zero-order valence-electron chi connectivity index (χ0n) is 10.3. The van der Waals surface area contributed by atoms with E-state index < -0.39 is 5.97 Å². The van der Waals surface area contributed by atoms with E-state index in [0.717, 1.165) is 30.0 Å². The van der Waals surface area contributed by atoms with Gasteiger partial charge >= 0.3 is 5.97 Å². The van der Waals surface area contributed by atoms with Crippen LogP contribution in [0, 0.1) is 0 Å². The number of benzene rings is 1. The van der Waals surface area contributed by atoms with Crippen LogP contribution in [-0.4, -0.2) is 40.9 Å². The van der Waals surface area contributed by atoms with Gasteiger partial charge in [-0.3, -0.25) is 9.69 Å². The average molecular weight is 320 g/mol. The molecule has 19 heavy (non-hydrogen) atoms. The first-order valence-corrected chi connectivity index (χ1v) is 7.84. The zero-order chi connectivity index (χ0) is 13.8. The van der Waals surface area contributed by atoms with Crippen LogP contribution in [-0.2, 0) is 4.79 Å². The summed E-state index contributed by atoms with van der Waals surface area (Å²) in [7, 11) is 0. The first kappa shape index (κ1) is 15.0. The molecule has 0 atom stereocenters. The number of nitrogens with zero attached hydrogens (tertiary/aromatic N) is 1. The van der Waals surface area contributed by atoms with E-state index in [1.807, 2.05) is 11.0 Å². The van der Waals surface area contributed by atoms with Crippen molar-refractivity contribution in [2.24, 2.45) is 0 Å². The highest BCUT2D eigenvalue weighted by atomic mass is 35.5. The number of hydrogen-bond acceptors (Lipinski definition) is 3. The van der Waals surface area contributed by atoms with E-state index in [1.165, 1.54) is 0 Å². The van der Waals surface area contributed by atoms with Gasteiger partial charge in [0.15, 0.2) is 0 Å². The van der Waals surface area contributed by atoms with E-state index in [0.29, 0.717) is 16.1 Å². The Hall–Kier alpha value is -0.420. The Balaban J connectivity index is 1.84. The van der Waals surface area contributed by atoms with Gasteiger partial charge in [0.25, 0.3) is 0 Å². The van der Waals surface area contributed by atoms with Crippen molar-refractivity contribution >= 4 is 40.9 Å². The number of aliphatic carboxylic acids is 1. The molecule has 0 aromatic heterocycles. The molecule has 1 aliphatic rings. The molecule has 0 spiro atoms. The Morgan fingerprint density at radius 1 is 1.42 bits per heavy atom. The lowest BCUT2D eigenvalue weighted by Crippen LogP contribution is -2.33. The quantitative estimate of drug-likeness (QED) is 0.779. The summed E-state index contributed by atoms with van der Waals surface area (Å²) in [6.07, 6.45) is 2.21. The van der Waals surface area contributed by atoms with Crippen molar-refractivity contribution in [3.05, 3.63) is 28.2 Å². The largest absolute Gasteiger partial charge is 0.480 e. The SMILES string of the molecule is O=C(O)CN(CCSc1cc(Cl)ccc1Cl)C1CC1. The smallest absolute Gasteiger partial charge is 0.317 e. The minimum Gasteiger partial charge on any atom is -0.480 e. The van der Waals surface area contributed by atoms with Gasteiger partial charge in [0, 0.05) is 28.3 Å². The summed E-state index contributed by atoms with van der Waals surface area (Å²) in [6, 6.07) is 5.83. The molecule has 1 aliphatic carbocycles. The van der Waals surface area contributed by atoms with Crippen LogP contribution in [0.1, 0.15) is 12.8 Å². The highest BCUT2D eigenvalue weighted by Crippen LogP contribution is 2.31. The van der Waals surface area contributed by atoms with E-state index >= 15 is 0 Å². The first-order chi connectivity index (χ1) is 9.06. The maximum absolute atomic E-state index is 10.8. The minimum atomic E-state index is -0.766. The van der Waals surface area contributed by atoms with Crippen LogP contribution >= 0.6 is 35.0 Å². The Morgan fingerprint density at radius 3 is 2.79 bits per heavy atom. The zero-order valence-corrected chi connectivity index (χ0v) is 12.6. The molecule has 0 heterocycles. The number of carboxylic acid groups (broad SMARTS) is 1. The maximum atomic E-state index is 10.8. The van der Waals surface area contributed by atoms with Crippen molar-refractivity contribution in [3.8, 4) is 0 Å². The summed E-state index contributed by atoms with van der Waals surface area (Å²) in [5, 5.41) is 10.2. The number of rotatable bonds is 7. The summed E-state index contributed by atoms with van der Waals surface area (Å²) >= 11 is 13.6. The lowest BCUT2D eigenvalue weighted by atomic mass is 10.4. The van der Waals surface area contributed by atoms with Crippen LogP contribution in [0.2, 0.25) is 10.0 Å². The molecule has 6 heteroatoms. The molecule has 104 valence electrons. The van der Waals surface area contributed by atoms with Crippen LogP contribution in [0.5, 0.6) is 0 Å². The molecule has 1 N–H and O–H groups in total. The fourth-order valence-corrected chi connectivity index (χ4v) is 3.34. The van der Waals surface area contributed by atoms with Crippen molar-refractivity contribution in [1.29, 1.82) is 0 Å². The van der Waals surface area contributed by atoms with E-state index in [1.54, 1.807) is 23.9 Å². The van der Waals surface area contributed by atoms with Crippen LogP contribution in [0.3, 0.4) is 0 Å². The van der Waals surface area contributed by atoms with Crippen molar-refractivity contribution in [3.63, 3.8) is 0 Å². The minimum absolute atomic E-state index is 0.120. The fraction of sp³-hybridized carbons (Fsp3) is 0.462. The van der Waals surface area contributed by atoms with Crippen molar-refractivity contribution in [2.75, 3.05) is 18.8 Å². The predicted octanol–water partition coefficient (Wildman–Crippen LogP) is 3.63. The van der Waals surface area contributed by atoms with Crippen LogP contribution in [0.25, 0.3) is 0 Å². The van der Waals surface area contributed by atoms with Crippen molar-refractivity contribution in [1.82, 2.24) is 4.90 Å². The van der Waals surface area contributed by atoms with Crippen molar-refractivity contribution in [2.45, 2.75) is 23.8 Å². The van der Waals surface area contributed by atoms with Gasteiger partial charge in [0.1, 0.15) is 0 Å². The molecule has 0 amide bonds. The van der Waals surface area contributed by atoms with Gasteiger partial charge in [-0.2, -0.15) is 0 Å². The molecule has 0 aliphatic heterocycles. The third kappa shape index (κ3) is 4.88. The van der Waals surface area contributed by atoms with E-state index in [2.05, 4.69) is 0 Å². The van der Waals surface area contributed by atoms with Crippen molar-refractivity contribution < 1.29 is 9.90 Å². The van der Waals surface area contributed by atoms with Crippen LogP contribution < -0.4 is 0 Å². The average Bonchev–Trinajstić information content (AvgIpc) is 3.16. The Bertz CT molecular complexity index is 466. The highest BCUT2D eigenvalue weighted by molar-refractivity contribution is 7.99. The summed E-state index contributed by atoms with van der Waals surface area (Å²) in [5.41, 5.74) is 0. The Morgan fingerprint density at radius 2 is 2.16 bits per heavy atom. The molecule has 0 bridgehead atoms. The molecule has 3 nitrogen and oxygen atoms in total. The molecule has 2 rings (SSSR count). The van der Waals surface area contributed by atoms with Gasteiger partial charge in [0.2, 0.25) is 0 Å². The maximum Gasteiger partial charge on any atom is 0.317 e. The summed E-state index contributed by atoms with van der Waals surface area (Å²) < 4.78 is 0. The monoisotopic (exact) mass is 319 g/mol. The third-order valence-corrected chi connectivity index (χ3v) is 4.64. The fourth-order valence-electron chi connectivity index (χ4n) is 1.86. The highest BCUT2D eigenvalue weighted by Gasteiger charge is 2.29. The number of carboxylic acids is 1. The van der Waals surface area contributed by atoms with E-state index in [-0.39, 0.29) is 6.54 Å². The van der Waals surface area contributed by atoms with Gasteiger partial charge in [-0.25, -0.2) is 0 Å². The summed E-state index contributed by atoms with van der Waals surface area (Å²) in [4.78, 5) is 13.8. The second-order valence-corrected chi connectivity index (χ2v) is 6.50. The lowest BCUT2D eigenvalue weighted by Gasteiger charge is -2.19. The second kappa shape index (κ2) is 6.84. The van der Waals surface area contributed by atoms with Gasteiger partial charge in [-0.15, -0.1) is 11.8 Å². The molecule has 0 radical (unpaired) electrons. The molecule has 1 saturated carbocycles. The normalized spacial score (nSPS) is 14.9. The lowest BCUT2D eigenvalue weighted by molar-refractivity contribution is -0.138. The molecule has 1 fully saturated rings. The van der Waals surface area contributed by atoms with Crippen LogP contribution in [0.4, 0.5) is 0 Å². The second-order valence-electron chi connectivity index (χ2n) is 4.52. The number of hydrogen-bond donors (Lipinski definition) is 1. The Labute approximate surface area is 126 Å². The molecular weight excluding hydrogens is 305 g/mol. The molecule has 0 unspecified atom stereocenters. The third-order valence-electron chi connectivity index (χ3n) is 2.93. The predicted molar refractivity (Wildman–Crippen MR) is 79.4 cm³/mol. The summed E-state index contributed by atoms with van der Waals surface area (Å²) in [5.74, 6) is 0.0433. The molecular formula is C13H15Cl2NO2S. The number of halogens is 2. The van der Waals surface area contributed by atoms with E-state index in [4.69, 9.17) is 28.3 Å². The topological polar surface area (TPSA) is 40.5 Å². The van der Waals surface area contributed by atoms with Gasteiger partial charge < -0.3 is 5.11 Å². The summed E-state index contributed by atoms with van der Waals surface area (Å²) in [6.45, 7) is 0.874.